The molecule has 0 N–H and O–H groups in total. The van der Waals surface area contributed by atoms with Gasteiger partial charge in [0.2, 0.25) is 0 Å². The second-order valence-electron chi connectivity index (χ2n) is 6.84. The number of ketones is 1. The predicted molar refractivity (Wildman–Crippen MR) is 119 cm³/mol. The van der Waals surface area contributed by atoms with Crippen molar-refractivity contribution < 1.29 is 23.9 Å². The smallest absolute Gasteiger partial charge is 0.343 e. The van der Waals surface area contributed by atoms with Gasteiger partial charge in [-0.3, -0.25) is 4.79 Å². The van der Waals surface area contributed by atoms with E-state index in [4.69, 9.17) is 9.47 Å². The van der Waals surface area contributed by atoms with Gasteiger partial charge in [0, 0.05) is 5.56 Å². The zero-order valence-electron chi connectivity index (χ0n) is 16.9. The second-order valence-corrected chi connectivity index (χ2v) is 6.84. The van der Waals surface area contributed by atoms with Gasteiger partial charge in [-0.25, -0.2) is 9.59 Å². The highest BCUT2D eigenvalue weighted by Gasteiger charge is 2.23. The van der Waals surface area contributed by atoms with Crippen LogP contribution < -0.4 is 9.47 Å². The molecule has 4 rings (SSSR count). The van der Waals surface area contributed by atoms with Crippen LogP contribution in [0, 0.1) is 0 Å². The van der Waals surface area contributed by atoms with Gasteiger partial charge in [-0.1, -0.05) is 72.8 Å². The molecule has 0 aliphatic heterocycles. The maximum absolute atomic E-state index is 13.2. The molecule has 0 aliphatic carbocycles. The average molecular weight is 422 g/mol. The van der Waals surface area contributed by atoms with Crippen LogP contribution >= 0.6 is 0 Å². The zero-order valence-corrected chi connectivity index (χ0v) is 16.9. The first-order valence-electron chi connectivity index (χ1n) is 9.90. The molecular weight excluding hydrogens is 404 g/mol. The fourth-order valence-electron chi connectivity index (χ4n) is 3.08. The first-order chi connectivity index (χ1) is 15.6. The summed E-state index contributed by atoms with van der Waals surface area (Å²) in [5.41, 5.74) is 1.15. The Balaban J connectivity index is 1.74. The van der Waals surface area contributed by atoms with Crippen molar-refractivity contribution in [2.45, 2.75) is 0 Å². The number of ether oxygens (including phenoxy) is 2. The molecule has 0 amide bonds. The predicted octanol–water partition coefficient (Wildman–Crippen LogP) is 5.36. The highest BCUT2D eigenvalue weighted by atomic mass is 16.6. The van der Waals surface area contributed by atoms with Crippen LogP contribution in [0.4, 0.5) is 0 Å². The van der Waals surface area contributed by atoms with Gasteiger partial charge in [-0.15, -0.1) is 0 Å². The summed E-state index contributed by atoms with van der Waals surface area (Å²) in [6, 6.07) is 30.0. The van der Waals surface area contributed by atoms with Gasteiger partial charge in [0.15, 0.2) is 17.3 Å². The first kappa shape index (κ1) is 20.8. The van der Waals surface area contributed by atoms with Gasteiger partial charge in [0.1, 0.15) is 0 Å². The standard InChI is InChI=1S/C27H18O5/c28-24(19-11-4-1-5-12-19)22-17-10-18-23(31-26(29)20-13-6-2-7-14-20)25(22)32-27(30)21-15-8-3-9-16-21/h1-18H. The third kappa shape index (κ3) is 4.63. The number of para-hydroxylation sites is 1. The number of carbonyl (C=O) groups excluding carboxylic acids is 3. The number of carbonyl (C=O) groups is 3. The summed E-state index contributed by atoms with van der Waals surface area (Å²) in [6.07, 6.45) is 0. The molecule has 4 aromatic rings. The first-order valence-corrected chi connectivity index (χ1v) is 9.90. The lowest BCUT2D eigenvalue weighted by Gasteiger charge is -2.14. The van der Waals surface area contributed by atoms with Crippen molar-refractivity contribution >= 4 is 17.7 Å². The molecule has 0 fully saturated rings. The lowest BCUT2D eigenvalue weighted by molar-refractivity contribution is 0.0680. The Kier molecular flexibility index (Phi) is 6.18. The molecule has 32 heavy (non-hydrogen) atoms. The minimum atomic E-state index is -0.670. The summed E-state index contributed by atoms with van der Waals surface area (Å²) in [5.74, 6) is -1.80. The van der Waals surface area contributed by atoms with Crippen molar-refractivity contribution in [2.24, 2.45) is 0 Å². The van der Waals surface area contributed by atoms with Gasteiger partial charge in [-0.05, 0) is 36.4 Å². The Morgan fingerprint density at radius 1 is 0.469 bits per heavy atom. The zero-order chi connectivity index (χ0) is 22.3. The Labute approximate surface area is 184 Å². The van der Waals surface area contributed by atoms with Crippen molar-refractivity contribution in [2.75, 3.05) is 0 Å². The SMILES string of the molecule is O=C(Oc1cccc(C(=O)c2ccccc2)c1OC(=O)c1ccccc1)c1ccccc1. The van der Waals surface area contributed by atoms with Gasteiger partial charge in [-0.2, -0.15) is 0 Å². The van der Waals surface area contributed by atoms with Crippen LogP contribution in [-0.2, 0) is 0 Å². The van der Waals surface area contributed by atoms with Crippen LogP contribution in [0.3, 0.4) is 0 Å². The monoisotopic (exact) mass is 422 g/mol. The van der Waals surface area contributed by atoms with Gasteiger partial charge >= 0.3 is 11.9 Å². The van der Waals surface area contributed by atoms with Crippen molar-refractivity contribution in [3.8, 4) is 11.5 Å². The van der Waals surface area contributed by atoms with Gasteiger partial charge < -0.3 is 9.47 Å². The second kappa shape index (κ2) is 9.53. The van der Waals surface area contributed by atoms with Gasteiger partial charge in [0.25, 0.3) is 0 Å². The van der Waals surface area contributed by atoms with Crippen molar-refractivity contribution in [1.29, 1.82) is 0 Å². The summed E-state index contributed by atoms with van der Waals surface area (Å²) in [6.45, 7) is 0. The van der Waals surface area contributed by atoms with E-state index >= 15 is 0 Å². The van der Waals surface area contributed by atoms with Crippen LogP contribution in [0.5, 0.6) is 11.5 Å². The summed E-state index contributed by atoms with van der Waals surface area (Å²) in [5, 5.41) is 0. The molecule has 0 unspecified atom stereocenters. The summed E-state index contributed by atoms with van der Waals surface area (Å²) < 4.78 is 11.1. The Morgan fingerprint density at radius 2 is 0.938 bits per heavy atom. The summed E-state index contributed by atoms with van der Waals surface area (Å²) >= 11 is 0. The fourth-order valence-corrected chi connectivity index (χ4v) is 3.08. The van der Waals surface area contributed by atoms with Crippen LogP contribution in [0.25, 0.3) is 0 Å². The minimum Gasteiger partial charge on any atom is -0.419 e. The molecule has 0 spiro atoms. The van der Waals surface area contributed by atoms with Crippen LogP contribution in [0.15, 0.2) is 109 Å². The number of benzene rings is 4. The van der Waals surface area contributed by atoms with Crippen molar-refractivity contribution in [3.05, 3.63) is 131 Å². The van der Waals surface area contributed by atoms with Crippen molar-refractivity contribution in [3.63, 3.8) is 0 Å². The van der Waals surface area contributed by atoms with Crippen LogP contribution in [-0.4, -0.2) is 17.7 Å². The molecule has 0 bridgehead atoms. The third-order valence-electron chi connectivity index (χ3n) is 4.68. The Morgan fingerprint density at radius 3 is 1.47 bits per heavy atom. The highest BCUT2D eigenvalue weighted by Crippen LogP contribution is 2.34. The summed E-state index contributed by atoms with van der Waals surface area (Å²) in [4.78, 5) is 38.5. The quantitative estimate of drug-likeness (QED) is 0.238. The molecule has 0 radical (unpaired) electrons. The number of hydrogen-bond acceptors (Lipinski definition) is 5. The number of rotatable bonds is 6. The summed E-state index contributed by atoms with van der Waals surface area (Å²) in [7, 11) is 0. The topological polar surface area (TPSA) is 69.7 Å². The molecule has 0 aliphatic rings. The van der Waals surface area contributed by atoms with E-state index in [0.29, 0.717) is 16.7 Å². The molecular formula is C27H18O5. The molecule has 0 heterocycles. The van der Waals surface area contributed by atoms with E-state index in [0.717, 1.165) is 0 Å². The fraction of sp³-hybridized carbons (Fsp3) is 0. The molecule has 0 saturated heterocycles. The maximum Gasteiger partial charge on any atom is 0.343 e. The number of hydrogen-bond donors (Lipinski definition) is 0. The van der Waals surface area contributed by atoms with Crippen molar-refractivity contribution in [1.82, 2.24) is 0 Å². The average Bonchev–Trinajstić information content (AvgIpc) is 2.86. The Hall–Kier alpha value is -4.51. The van der Waals surface area contributed by atoms with Crippen LogP contribution in [0.1, 0.15) is 36.6 Å². The molecule has 5 nitrogen and oxygen atoms in total. The minimum absolute atomic E-state index is 0.0232. The molecule has 0 saturated carbocycles. The maximum atomic E-state index is 13.2. The van der Waals surface area contributed by atoms with E-state index in [1.165, 1.54) is 12.1 Å². The molecule has 5 heteroatoms. The van der Waals surface area contributed by atoms with E-state index in [2.05, 4.69) is 0 Å². The number of esters is 2. The lowest BCUT2D eigenvalue weighted by Crippen LogP contribution is -2.15. The highest BCUT2D eigenvalue weighted by molar-refractivity contribution is 6.12. The Bertz CT molecular complexity index is 1250. The van der Waals surface area contributed by atoms with E-state index in [1.54, 1.807) is 97.1 Å². The molecule has 0 aromatic heterocycles. The van der Waals surface area contributed by atoms with Gasteiger partial charge in [0.05, 0.1) is 16.7 Å². The molecule has 156 valence electrons. The van der Waals surface area contributed by atoms with E-state index in [-0.39, 0.29) is 22.8 Å². The van der Waals surface area contributed by atoms with E-state index < -0.39 is 11.9 Å². The van der Waals surface area contributed by atoms with Crippen LogP contribution in [0.2, 0.25) is 0 Å². The van der Waals surface area contributed by atoms with E-state index in [9.17, 15) is 14.4 Å². The molecule has 0 atom stereocenters. The normalized spacial score (nSPS) is 10.2. The largest absolute Gasteiger partial charge is 0.419 e. The molecule has 4 aromatic carbocycles. The third-order valence-corrected chi connectivity index (χ3v) is 4.68. The lowest BCUT2D eigenvalue weighted by atomic mass is 10.0. The van der Waals surface area contributed by atoms with E-state index in [1.807, 2.05) is 0 Å².